The highest BCUT2D eigenvalue weighted by Crippen LogP contribution is 2.39. The van der Waals surface area contributed by atoms with Crippen LogP contribution in [0.1, 0.15) is 19.4 Å². The summed E-state index contributed by atoms with van der Waals surface area (Å²) in [7, 11) is 0. The molecule has 1 aliphatic rings. The molecule has 1 atom stereocenters. The summed E-state index contributed by atoms with van der Waals surface area (Å²) in [6.07, 6.45) is 0.260. The summed E-state index contributed by atoms with van der Waals surface area (Å²) >= 11 is 0. The first-order valence-electron chi connectivity index (χ1n) is 7.31. The van der Waals surface area contributed by atoms with Crippen molar-refractivity contribution in [2.75, 3.05) is 0 Å². The summed E-state index contributed by atoms with van der Waals surface area (Å²) in [4.78, 5) is 12.6. The Morgan fingerprint density at radius 2 is 1.91 bits per heavy atom. The summed E-state index contributed by atoms with van der Waals surface area (Å²) in [6.45, 7) is 3.44. The number of fused-ring (bicyclic) bond motifs is 4. The zero-order valence-corrected chi connectivity index (χ0v) is 12.4. The van der Waals surface area contributed by atoms with Gasteiger partial charge in [0.1, 0.15) is 11.7 Å². The lowest BCUT2D eigenvalue weighted by Gasteiger charge is -2.24. The third-order valence-electron chi connectivity index (χ3n) is 4.24. The predicted octanol–water partition coefficient (Wildman–Crippen LogP) is 3.02. The van der Waals surface area contributed by atoms with E-state index >= 15 is 0 Å². The van der Waals surface area contributed by atoms with Crippen LogP contribution >= 0.6 is 0 Å². The van der Waals surface area contributed by atoms with Gasteiger partial charge in [-0.2, -0.15) is 0 Å². The van der Waals surface area contributed by atoms with Gasteiger partial charge in [0.2, 0.25) is 5.43 Å². The van der Waals surface area contributed by atoms with Crippen LogP contribution in [-0.4, -0.2) is 16.8 Å². The molecule has 0 aliphatic carbocycles. The Kier molecular flexibility index (Phi) is 2.63. The van der Waals surface area contributed by atoms with Crippen LogP contribution in [0.3, 0.4) is 0 Å². The minimum Gasteiger partial charge on any atom is -0.483 e. The van der Waals surface area contributed by atoms with Gasteiger partial charge >= 0.3 is 0 Å². The SMILES string of the molecule is CC(C)(O)C1Cc2ccc3c(=O)c4ccccc4oc3c2O1. The molecule has 2 aromatic carbocycles. The van der Waals surface area contributed by atoms with E-state index in [1.807, 2.05) is 18.2 Å². The maximum absolute atomic E-state index is 12.6. The Morgan fingerprint density at radius 1 is 1.14 bits per heavy atom. The number of rotatable bonds is 1. The monoisotopic (exact) mass is 296 g/mol. The first kappa shape index (κ1) is 13.3. The molecule has 0 fully saturated rings. The molecule has 0 spiro atoms. The molecule has 0 radical (unpaired) electrons. The number of aliphatic hydroxyl groups is 1. The van der Waals surface area contributed by atoms with Gasteiger partial charge in [-0.3, -0.25) is 4.79 Å². The van der Waals surface area contributed by atoms with Crippen molar-refractivity contribution in [3.63, 3.8) is 0 Å². The van der Waals surface area contributed by atoms with E-state index in [-0.39, 0.29) is 11.5 Å². The Morgan fingerprint density at radius 3 is 2.68 bits per heavy atom. The largest absolute Gasteiger partial charge is 0.483 e. The Bertz CT molecular complexity index is 947. The molecule has 0 bridgehead atoms. The van der Waals surface area contributed by atoms with Crippen LogP contribution in [0.15, 0.2) is 45.6 Å². The summed E-state index contributed by atoms with van der Waals surface area (Å²) in [5.74, 6) is 0.576. The van der Waals surface area contributed by atoms with E-state index in [0.717, 1.165) is 5.56 Å². The summed E-state index contributed by atoms with van der Waals surface area (Å²) in [5.41, 5.74) is 0.951. The van der Waals surface area contributed by atoms with Crippen LogP contribution in [-0.2, 0) is 6.42 Å². The van der Waals surface area contributed by atoms with Crippen LogP contribution in [0, 0.1) is 0 Å². The van der Waals surface area contributed by atoms with Crippen LogP contribution in [0.2, 0.25) is 0 Å². The Hall–Kier alpha value is -2.33. The van der Waals surface area contributed by atoms with Gasteiger partial charge in [-0.25, -0.2) is 0 Å². The second kappa shape index (κ2) is 4.34. The lowest BCUT2D eigenvalue weighted by Crippen LogP contribution is -2.39. The van der Waals surface area contributed by atoms with Crippen LogP contribution < -0.4 is 10.2 Å². The molecule has 22 heavy (non-hydrogen) atoms. The first-order chi connectivity index (χ1) is 10.4. The van der Waals surface area contributed by atoms with Gasteiger partial charge in [0, 0.05) is 12.0 Å². The fraction of sp³-hybridized carbons (Fsp3) is 0.278. The van der Waals surface area contributed by atoms with Gasteiger partial charge in [0.05, 0.1) is 16.4 Å². The quantitative estimate of drug-likeness (QED) is 0.701. The Labute approximate surface area is 126 Å². The highest BCUT2D eigenvalue weighted by Gasteiger charge is 2.36. The molecule has 4 heteroatoms. The normalized spacial score (nSPS) is 17.7. The second-order valence-corrected chi connectivity index (χ2v) is 6.32. The highest BCUT2D eigenvalue weighted by atomic mass is 16.5. The van der Waals surface area contributed by atoms with E-state index in [1.54, 1.807) is 32.0 Å². The molecule has 1 aromatic heterocycles. The lowest BCUT2D eigenvalue weighted by atomic mass is 9.97. The highest BCUT2D eigenvalue weighted by molar-refractivity contribution is 5.93. The molecule has 2 heterocycles. The van der Waals surface area contributed by atoms with Crippen molar-refractivity contribution in [1.82, 2.24) is 0 Å². The van der Waals surface area contributed by atoms with Crippen molar-refractivity contribution < 1.29 is 14.3 Å². The zero-order chi connectivity index (χ0) is 15.5. The molecule has 112 valence electrons. The van der Waals surface area contributed by atoms with Gasteiger partial charge in [0.15, 0.2) is 11.3 Å². The molecule has 1 aliphatic heterocycles. The first-order valence-corrected chi connectivity index (χ1v) is 7.31. The summed E-state index contributed by atoms with van der Waals surface area (Å²) < 4.78 is 11.8. The fourth-order valence-corrected chi connectivity index (χ4v) is 2.95. The van der Waals surface area contributed by atoms with Crippen LogP contribution in [0.25, 0.3) is 21.9 Å². The minimum atomic E-state index is -0.956. The van der Waals surface area contributed by atoms with E-state index in [9.17, 15) is 9.90 Å². The maximum atomic E-state index is 12.6. The number of ether oxygens (including phenoxy) is 1. The summed E-state index contributed by atoms with van der Waals surface area (Å²) in [6, 6.07) is 10.9. The van der Waals surface area contributed by atoms with Crippen molar-refractivity contribution in [1.29, 1.82) is 0 Å². The van der Waals surface area contributed by atoms with E-state index in [0.29, 0.717) is 34.1 Å². The topological polar surface area (TPSA) is 59.7 Å². The average molecular weight is 296 g/mol. The van der Waals surface area contributed by atoms with Gasteiger partial charge < -0.3 is 14.3 Å². The Balaban J connectivity index is 2.01. The number of hydrogen-bond donors (Lipinski definition) is 1. The van der Waals surface area contributed by atoms with Crippen molar-refractivity contribution in [3.05, 3.63) is 52.2 Å². The number of para-hydroxylation sites is 1. The average Bonchev–Trinajstić information content (AvgIpc) is 2.92. The van der Waals surface area contributed by atoms with Gasteiger partial charge in [-0.1, -0.05) is 18.2 Å². The number of benzene rings is 2. The molecular weight excluding hydrogens is 280 g/mol. The predicted molar refractivity (Wildman–Crippen MR) is 84.4 cm³/mol. The fourth-order valence-electron chi connectivity index (χ4n) is 2.95. The van der Waals surface area contributed by atoms with E-state index in [2.05, 4.69) is 0 Å². The minimum absolute atomic E-state index is 0.0602. The van der Waals surface area contributed by atoms with E-state index in [4.69, 9.17) is 9.15 Å². The van der Waals surface area contributed by atoms with E-state index in [1.165, 1.54) is 0 Å². The molecule has 0 saturated heterocycles. The lowest BCUT2D eigenvalue weighted by molar-refractivity contribution is -0.0227. The smallest absolute Gasteiger partial charge is 0.200 e. The maximum Gasteiger partial charge on any atom is 0.200 e. The molecule has 0 amide bonds. The van der Waals surface area contributed by atoms with Crippen molar-refractivity contribution in [3.8, 4) is 5.75 Å². The molecule has 3 aromatic rings. The molecule has 4 rings (SSSR count). The number of hydrogen-bond acceptors (Lipinski definition) is 4. The van der Waals surface area contributed by atoms with Gasteiger partial charge in [-0.05, 0) is 32.0 Å². The van der Waals surface area contributed by atoms with Crippen molar-refractivity contribution in [2.24, 2.45) is 0 Å². The molecule has 1 N–H and O–H groups in total. The van der Waals surface area contributed by atoms with Crippen molar-refractivity contribution >= 4 is 21.9 Å². The van der Waals surface area contributed by atoms with E-state index < -0.39 is 5.60 Å². The second-order valence-electron chi connectivity index (χ2n) is 6.32. The molecule has 0 saturated carbocycles. The molecule has 4 nitrogen and oxygen atoms in total. The molecular formula is C18H16O4. The van der Waals surface area contributed by atoms with Crippen molar-refractivity contribution in [2.45, 2.75) is 32.0 Å². The third-order valence-corrected chi connectivity index (χ3v) is 4.24. The van der Waals surface area contributed by atoms with Crippen LogP contribution in [0.4, 0.5) is 0 Å². The van der Waals surface area contributed by atoms with Gasteiger partial charge in [0.25, 0.3) is 0 Å². The standard InChI is InChI=1S/C18H16O4/c1-18(2,20)14-9-10-7-8-12-15(19)11-5-3-4-6-13(11)21-17(12)16(10)22-14/h3-8,14,20H,9H2,1-2H3. The van der Waals surface area contributed by atoms with Gasteiger partial charge in [-0.15, -0.1) is 0 Å². The van der Waals surface area contributed by atoms with Crippen LogP contribution in [0.5, 0.6) is 5.75 Å². The zero-order valence-electron chi connectivity index (χ0n) is 12.4. The third kappa shape index (κ3) is 1.84. The molecule has 1 unspecified atom stereocenters. The summed E-state index contributed by atoms with van der Waals surface area (Å²) in [5, 5.41) is 11.2.